The van der Waals surface area contributed by atoms with Crippen LogP contribution < -0.4 is 0 Å². The fraction of sp³-hybridized carbons (Fsp3) is 0.833. The van der Waals surface area contributed by atoms with Gasteiger partial charge in [0.25, 0.3) is 0 Å². The average molecular weight is 461 g/mol. The van der Waals surface area contributed by atoms with Crippen LogP contribution in [0, 0.1) is 11.8 Å². The van der Waals surface area contributed by atoms with Gasteiger partial charge in [-0.25, -0.2) is 0 Å². The summed E-state index contributed by atoms with van der Waals surface area (Å²) < 4.78 is 9.82. The van der Waals surface area contributed by atoms with Crippen molar-refractivity contribution >= 4 is 23.9 Å². The van der Waals surface area contributed by atoms with Gasteiger partial charge in [-0.2, -0.15) is 0 Å². The number of unbranched alkanes of at least 4 members (excludes halogenated alkanes) is 4. The van der Waals surface area contributed by atoms with E-state index in [2.05, 4.69) is 0 Å². The van der Waals surface area contributed by atoms with Crippen molar-refractivity contribution in [3.63, 3.8) is 0 Å². The lowest BCUT2D eigenvalue weighted by molar-refractivity contribution is -0.154. The van der Waals surface area contributed by atoms with Gasteiger partial charge in [0.2, 0.25) is 0 Å². The molecule has 0 aromatic carbocycles. The molecule has 0 aliphatic carbocycles. The predicted molar refractivity (Wildman–Crippen MR) is 122 cm³/mol. The van der Waals surface area contributed by atoms with E-state index in [-0.39, 0.29) is 24.8 Å². The van der Waals surface area contributed by atoms with E-state index in [4.69, 9.17) is 19.7 Å². The largest absolute Gasteiger partial charge is 0.481 e. The molecule has 0 bridgehead atoms. The molecule has 0 radical (unpaired) electrons. The van der Waals surface area contributed by atoms with Gasteiger partial charge in [0.15, 0.2) is 0 Å². The Hall–Kier alpha value is -2.12. The second-order valence-corrected chi connectivity index (χ2v) is 7.82. The standard InChI is InChI=1S/2C12H22O4/c1-3-5-9-15-11(13)7-8-12(14)16-10-6-4-2;1-3-5-7-9(11(13)14)10(12(15)16)8-6-4-2/h3-10H2,1-2H3;9-10H,3-8H2,1-2H3,(H,13,14)(H,15,16). The molecule has 0 saturated carbocycles. The first-order valence-corrected chi connectivity index (χ1v) is 12.0. The van der Waals surface area contributed by atoms with Crippen LogP contribution in [0.4, 0.5) is 0 Å². The second kappa shape index (κ2) is 22.1. The normalized spacial score (nSPS) is 12.1. The molecule has 2 atom stereocenters. The lowest BCUT2D eigenvalue weighted by atomic mass is 9.84. The van der Waals surface area contributed by atoms with E-state index in [0.29, 0.717) is 26.1 Å². The van der Waals surface area contributed by atoms with Gasteiger partial charge in [0.05, 0.1) is 37.9 Å². The Morgan fingerprint density at radius 2 is 0.906 bits per heavy atom. The Morgan fingerprint density at radius 1 is 0.594 bits per heavy atom. The van der Waals surface area contributed by atoms with Crippen molar-refractivity contribution in [2.75, 3.05) is 13.2 Å². The Bertz CT molecular complexity index is 472. The first-order chi connectivity index (χ1) is 15.2. The number of aliphatic carboxylic acids is 2. The molecular weight excluding hydrogens is 416 g/mol. The van der Waals surface area contributed by atoms with Gasteiger partial charge < -0.3 is 19.7 Å². The Morgan fingerprint density at radius 3 is 1.16 bits per heavy atom. The molecule has 0 aromatic heterocycles. The van der Waals surface area contributed by atoms with Gasteiger partial charge in [0, 0.05) is 0 Å². The van der Waals surface area contributed by atoms with Gasteiger partial charge in [-0.1, -0.05) is 66.2 Å². The van der Waals surface area contributed by atoms with Crippen LogP contribution in [0.1, 0.15) is 105 Å². The molecule has 8 heteroatoms. The topological polar surface area (TPSA) is 127 Å². The molecule has 0 saturated heterocycles. The Labute approximate surface area is 193 Å². The zero-order valence-corrected chi connectivity index (χ0v) is 20.4. The number of carbonyl (C=O) groups excluding carboxylic acids is 2. The van der Waals surface area contributed by atoms with Gasteiger partial charge in [0.1, 0.15) is 0 Å². The van der Waals surface area contributed by atoms with Crippen LogP contribution >= 0.6 is 0 Å². The SMILES string of the molecule is CCCCC(C(=O)O)C(CCCC)C(=O)O.CCCCOC(=O)CCC(=O)OCCCC. The molecule has 0 aliphatic rings. The summed E-state index contributed by atoms with van der Waals surface area (Å²) in [6, 6.07) is 0. The highest BCUT2D eigenvalue weighted by Gasteiger charge is 2.32. The third-order valence-electron chi connectivity index (χ3n) is 4.91. The van der Waals surface area contributed by atoms with Crippen molar-refractivity contribution in [3.8, 4) is 0 Å². The molecule has 0 heterocycles. The van der Waals surface area contributed by atoms with E-state index in [1.807, 2.05) is 27.7 Å². The van der Waals surface area contributed by atoms with Crippen LogP contribution in [0.5, 0.6) is 0 Å². The molecule has 0 rings (SSSR count). The van der Waals surface area contributed by atoms with Crippen LogP contribution in [0.15, 0.2) is 0 Å². The molecular formula is C24H44O8. The predicted octanol–water partition coefficient (Wildman–Crippen LogP) is 5.22. The van der Waals surface area contributed by atoms with E-state index < -0.39 is 23.8 Å². The minimum absolute atomic E-state index is 0.120. The molecule has 32 heavy (non-hydrogen) atoms. The summed E-state index contributed by atoms with van der Waals surface area (Å²) >= 11 is 0. The summed E-state index contributed by atoms with van der Waals surface area (Å²) in [7, 11) is 0. The molecule has 0 aliphatic heterocycles. The average Bonchev–Trinajstić information content (AvgIpc) is 2.75. The molecule has 0 spiro atoms. The van der Waals surface area contributed by atoms with Crippen molar-refractivity contribution < 1.29 is 38.9 Å². The smallest absolute Gasteiger partial charge is 0.307 e. The van der Waals surface area contributed by atoms with Crippen molar-refractivity contribution in [2.45, 2.75) is 105 Å². The van der Waals surface area contributed by atoms with E-state index in [1.165, 1.54) is 0 Å². The summed E-state index contributed by atoms with van der Waals surface area (Å²) in [5.74, 6) is -4.05. The van der Waals surface area contributed by atoms with E-state index >= 15 is 0 Å². The summed E-state index contributed by atoms with van der Waals surface area (Å²) in [5, 5.41) is 18.1. The van der Waals surface area contributed by atoms with E-state index in [0.717, 1.165) is 51.4 Å². The summed E-state index contributed by atoms with van der Waals surface area (Å²) in [6.07, 6.45) is 8.22. The van der Waals surface area contributed by atoms with Crippen LogP contribution in [0.3, 0.4) is 0 Å². The van der Waals surface area contributed by atoms with Gasteiger partial charge in [-0.05, 0) is 25.7 Å². The Kier molecular flexibility index (Phi) is 22.1. The van der Waals surface area contributed by atoms with Crippen molar-refractivity contribution in [1.82, 2.24) is 0 Å². The minimum Gasteiger partial charge on any atom is -0.481 e. The van der Waals surface area contributed by atoms with Crippen LogP contribution in [-0.4, -0.2) is 47.3 Å². The number of rotatable bonds is 18. The first kappa shape index (κ1) is 32.1. The highest BCUT2D eigenvalue weighted by atomic mass is 16.5. The van der Waals surface area contributed by atoms with Gasteiger partial charge in [-0.3, -0.25) is 19.2 Å². The van der Waals surface area contributed by atoms with E-state index in [9.17, 15) is 19.2 Å². The van der Waals surface area contributed by atoms with Crippen molar-refractivity contribution in [2.24, 2.45) is 11.8 Å². The molecule has 2 N–H and O–H groups in total. The van der Waals surface area contributed by atoms with Crippen molar-refractivity contribution in [1.29, 1.82) is 0 Å². The second-order valence-electron chi connectivity index (χ2n) is 7.82. The number of hydrogen-bond acceptors (Lipinski definition) is 6. The number of carboxylic acid groups (broad SMARTS) is 2. The lowest BCUT2D eigenvalue weighted by Crippen LogP contribution is -2.29. The molecule has 0 amide bonds. The zero-order chi connectivity index (χ0) is 24.8. The molecule has 2 unspecified atom stereocenters. The molecule has 188 valence electrons. The van der Waals surface area contributed by atoms with Crippen LogP contribution in [0.2, 0.25) is 0 Å². The van der Waals surface area contributed by atoms with Gasteiger partial charge in [-0.15, -0.1) is 0 Å². The molecule has 0 aromatic rings. The van der Waals surface area contributed by atoms with Crippen molar-refractivity contribution in [3.05, 3.63) is 0 Å². The zero-order valence-electron chi connectivity index (χ0n) is 20.4. The number of hydrogen-bond donors (Lipinski definition) is 2. The fourth-order valence-corrected chi connectivity index (χ4v) is 2.85. The molecule has 8 nitrogen and oxygen atoms in total. The Balaban J connectivity index is 0. The summed E-state index contributed by atoms with van der Waals surface area (Å²) in [4.78, 5) is 44.3. The summed E-state index contributed by atoms with van der Waals surface area (Å²) in [6.45, 7) is 8.89. The first-order valence-electron chi connectivity index (χ1n) is 12.0. The van der Waals surface area contributed by atoms with Crippen LogP contribution in [0.25, 0.3) is 0 Å². The fourth-order valence-electron chi connectivity index (χ4n) is 2.85. The van der Waals surface area contributed by atoms with Crippen LogP contribution in [-0.2, 0) is 28.7 Å². The maximum atomic E-state index is 11.1. The van der Waals surface area contributed by atoms with E-state index in [1.54, 1.807) is 0 Å². The third-order valence-corrected chi connectivity index (χ3v) is 4.91. The number of carbonyl (C=O) groups is 4. The third kappa shape index (κ3) is 18.6. The lowest BCUT2D eigenvalue weighted by Gasteiger charge is -2.19. The highest BCUT2D eigenvalue weighted by Crippen LogP contribution is 2.24. The quantitative estimate of drug-likeness (QED) is 0.210. The maximum Gasteiger partial charge on any atom is 0.307 e. The highest BCUT2D eigenvalue weighted by molar-refractivity contribution is 5.80. The maximum absolute atomic E-state index is 11.1. The minimum atomic E-state index is -0.975. The number of ether oxygens (including phenoxy) is 2. The number of carboxylic acids is 2. The monoisotopic (exact) mass is 460 g/mol. The number of esters is 2. The summed E-state index contributed by atoms with van der Waals surface area (Å²) in [5.41, 5.74) is 0. The molecule has 0 fully saturated rings. The van der Waals surface area contributed by atoms with Gasteiger partial charge >= 0.3 is 23.9 Å².